The van der Waals surface area contributed by atoms with Gasteiger partial charge >= 0.3 is 6.36 Å². The quantitative estimate of drug-likeness (QED) is 0.572. The molecule has 0 fully saturated rings. The molecule has 0 spiro atoms. The maximum absolute atomic E-state index is 12.7. The Hall–Kier alpha value is -3.34. The summed E-state index contributed by atoms with van der Waals surface area (Å²) in [6.07, 6.45) is -6.32. The van der Waals surface area contributed by atoms with Crippen LogP contribution in [0.25, 0.3) is 0 Å². The van der Waals surface area contributed by atoms with Crippen molar-refractivity contribution in [1.82, 2.24) is 5.32 Å². The lowest BCUT2D eigenvalue weighted by Crippen LogP contribution is -2.53. The Labute approximate surface area is 168 Å². The minimum Gasteiger partial charge on any atom is -0.485 e. The first-order valence-electron chi connectivity index (χ1n) is 8.70. The van der Waals surface area contributed by atoms with E-state index < -0.39 is 46.4 Å². The summed E-state index contributed by atoms with van der Waals surface area (Å²) in [7, 11) is 0. The number of halogens is 3. The second-order valence-electron chi connectivity index (χ2n) is 7.12. The number of aliphatic hydroxyl groups is 1. The number of para-hydroxylation sites is 1. The molecule has 2 aromatic carbocycles. The molecule has 1 aliphatic rings. The van der Waals surface area contributed by atoms with Crippen LogP contribution in [-0.4, -0.2) is 34.0 Å². The zero-order valence-corrected chi connectivity index (χ0v) is 15.8. The molecule has 160 valence electrons. The molecule has 1 amide bonds. The summed E-state index contributed by atoms with van der Waals surface area (Å²) in [5, 5.41) is 24.4. The van der Waals surface area contributed by atoms with Gasteiger partial charge in [-0.1, -0.05) is 12.1 Å². The van der Waals surface area contributed by atoms with Gasteiger partial charge in [-0.2, -0.15) is 0 Å². The molecule has 0 saturated heterocycles. The van der Waals surface area contributed by atoms with E-state index in [4.69, 9.17) is 4.74 Å². The predicted molar refractivity (Wildman–Crippen MR) is 97.1 cm³/mol. The number of carbonyl (C=O) groups is 1. The lowest BCUT2D eigenvalue weighted by atomic mass is 9.86. The molecule has 0 aromatic heterocycles. The summed E-state index contributed by atoms with van der Waals surface area (Å²) < 4.78 is 47.3. The lowest BCUT2D eigenvalue weighted by Gasteiger charge is -2.42. The fraction of sp³-hybridized carbons (Fsp3) is 0.316. The second kappa shape index (κ2) is 7.48. The molecule has 2 N–H and O–H groups in total. The van der Waals surface area contributed by atoms with Crippen molar-refractivity contribution in [2.45, 2.75) is 38.0 Å². The van der Waals surface area contributed by atoms with Crippen LogP contribution in [0, 0.1) is 10.1 Å². The van der Waals surface area contributed by atoms with Crippen molar-refractivity contribution in [3.8, 4) is 11.5 Å². The van der Waals surface area contributed by atoms with Gasteiger partial charge < -0.3 is 19.9 Å². The smallest absolute Gasteiger partial charge is 0.485 e. The molecule has 2 aromatic rings. The van der Waals surface area contributed by atoms with E-state index in [0.717, 1.165) is 18.2 Å². The first kappa shape index (κ1) is 21.4. The molecule has 0 saturated carbocycles. The Morgan fingerprint density at radius 2 is 1.93 bits per heavy atom. The van der Waals surface area contributed by atoms with Gasteiger partial charge in [-0.3, -0.25) is 14.9 Å². The zero-order chi connectivity index (χ0) is 22.3. The topological polar surface area (TPSA) is 111 Å². The normalized spacial score (nSPS) is 19.9. The van der Waals surface area contributed by atoms with Crippen molar-refractivity contribution in [2.75, 3.05) is 0 Å². The van der Waals surface area contributed by atoms with E-state index in [1.165, 1.54) is 38.1 Å². The number of nitrogens with one attached hydrogen (secondary N) is 1. The standard InChI is InChI=1S/C19H17F3N2O6/c1-18(2)16(25)15(23-17(26)11-5-3-4-6-13(11)24(27)28)12-9-10(29-19(20,21)22)7-8-14(12)30-18/h3-9,15-16,25H,1-2H3,(H,23,26)/t15-,16+/m1/s1. The van der Waals surface area contributed by atoms with Crippen LogP contribution in [-0.2, 0) is 0 Å². The average Bonchev–Trinajstić information content (AvgIpc) is 2.64. The Morgan fingerprint density at radius 1 is 1.27 bits per heavy atom. The largest absolute Gasteiger partial charge is 0.573 e. The van der Waals surface area contributed by atoms with Crippen LogP contribution in [0.3, 0.4) is 0 Å². The van der Waals surface area contributed by atoms with Crippen LogP contribution in [0.2, 0.25) is 0 Å². The molecule has 0 radical (unpaired) electrons. The van der Waals surface area contributed by atoms with E-state index in [1.807, 2.05) is 0 Å². The van der Waals surface area contributed by atoms with Crippen LogP contribution < -0.4 is 14.8 Å². The Kier molecular flexibility index (Phi) is 5.33. The van der Waals surface area contributed by atoms with E-state index >= 15 is 0 Å². The molecule has 30 heavy (non-hydrogen) atoms. The monoisotopic (exact) mass is 426 g/mol. The maximum Gasteiger partial charge on any atom is 0.573 e. The molecule has 8 nitrogen and oxygen atoms in total. The van der Waals surface area contributed by atoms with Crippen molar-refractivity contribution in [2.24, 2.45) is 0 Å². The van der Waals surface area contributed by atoms with E-state index in [-0.39, 0.29) is 16.9 Å². The van der Waals surface area contributed by atoms with Gasteiger partial charge in [-0.25, -0.2) is 0 Å². The molecule has 0 bridgehead atoms. The minimum atomic E-state index is -4.94. The number of carbonyl (C=O) groups excluding carboxylic acids is 1. The third-order valence-electron chi connectivity index (χ3n) is 4.58. The van der Waals surface area contributed by atoms with Gasteiger partial charge in [0.05, 0.1) is 11.0 Å². The van der Waals surface area contributed by atoms with Crippen LogP contribution in [0.15, 0.2) is 42.5 Å². The minimum absolute atomic E-state index is 0.0375. The highest BCUT2D eigenvalue weighted by molar-refractivity contribution is 5.98. The molecular formula is C19H17F3N2O6. The van der Waals surface area contributed by atoms with Gasteiger partial charge in [0.2, 0.25) is 0 Å². The number of ether oxygens (including phenoxy) is 2. The van der Waals surface area contributed by atoms with Crippen molar-refractivity contribution in [3.05, 3.63) is 63.7 Å². The Balaban J connectivity index is 2.00. The van der Waals surface area contributed by atoms with Gasteiger partial charge in [0.25, 0.3) is 11.6 Å². The number of nitro benzene ring substituents is 1. The van der Waals surface area contributed by atoms with Crippen LogP contribution in [0.5, 0.6) is 11.5 Å². The number of nitrogens with zero attached hydrogens (tertiary/aromatic N) is 1. The summed E-state index contributed by atoms with van der Waals surface area (Å²) in [4.78, 5) is 23.2. The Bertz CT molecular complexity index is 992. The van der Waals surface area contributed by atoms with E-state index in [9.17, 15) is 33.2 Å². The highest BCUT2D eigenvalue weighted by Gasteiger charge is 2.44. The van der Waals surface area contributed by atoms with Crippen molar-refractivity contribution in [1.29, 1.82) is 0 Å². The SMILES string of the molecule is CC1(C)Oc2ccc(OC(F)(F)F)cc2[C@@H](NC(=O)c2ccccc2[N+](=O)[O-])[C@@H]1O. The number of aliphatic hydroxyl groups excluding tert-OH is 1. The molecule has 3 rings (SSSR count). The van der Waals surface area contributed by atoms with Crippen molar-refractivity contribution >= 4 is 11.6 Å². The van der Waals surface area contributed by atoms with E-state index in [2.05, 4.69) is 10.1 Å². The van der Waals surface area contributed by atoms with E-state index in [0.29, 0.717) is 0 Å². The summed E-state index contributed by atoms with van der Waals surface area (Å²) in [5.41, 5.74) is -1.89. The predicted octanol–water partition coefficient (Wildman–Crippen LogP) is 3.50. The highest BCUT2D eigenvalue weighted by Crippen LogP contribution is 2.42. The molecule has 1 heterocycles. The molecular weight excluding hydrogens is 409 g/mol. The number of hydrogen-bond acceptors (Lipinski definition) is 6. The number of alkyl halides is 3. The second-order valence-corrected chi connectivity index (χ2v) is 7.12. The number of nitro groups is 1. The summed E-state index contributed by atoms with van der Waals surface area (Å²) in [6.45, 7) is 3.07. The fourth-order valence-corrected chi connectivity index (χ4v) is 3.18. The van der Waals surface area contributed by atoms with Gasteiger partial charge in [0.1, 0.15) is 28.8 Å². The van der Waals surface area contributed by atoms with Gasteiger partial charge in [-0.05, 0) is 38.1 Å². The fourth-order valence-electron chi connectivity index (χ4n) is 3.18. The van der Waals surface area contributed by atoms with Gasteiger partial charge in [-0.15, -0.1) is 13.2 Å². The van der Waals surface area contributed by atoms with Crippen LogP contribution in [0.4, 0.5) is 18.9 Å². The summed E-state index contributed by atoms with van der Waals surface area (Å²) in [6, 6.07) is 7.23. The number of rotatable bonds is 4. The summed E-state index contributed by atoms with van der Waals surface area (Å²) >= 11 is 0. The molecule has 2 atom stereocenters. The van der Waals surface area contributed by atoms with Crippen LogP contribution >= 0.6 is 0 Å². The van der Waals surface area contributed by atoms with Crippen molar-refractivity contribution < 1.29 is 37.5 Å². The van der Waals surface area contributed by atoms with Crippen molar-refractivity contribution in [3.63, 3.8) is 0 Å². The number of benzene rings is 2. The van der Waals surface area contributed by atoms with Gasteiger partial charge in [0, 0.05) is 11.6 Å². The number of hydrogen-bond donors (Lipinski definition) is 2. The molecule has 11 heteroatoms. The third-order valence-corrected chi connectivity index (χ3v) is 4.58. The first-order valence-corrected chi connectivity index (χ1v) is 8.70. The summed E-state index contributed by atoms with van der Waals surface area (Å²) in [5.74, 6) is -1.31. The zero-order valence-electron chi connectivity index (χ0n) is 15.8. The highest BCUT2D eigenvalue weighted by atomic mass is 19.4. The molecule has 1 aliphatic heterocycles. The average molecular weight is 426 g/mol. The van der Waals surface area contributed by atoms with E-state index in [1.54, 1.807) is 0 Å². The van der Waals surface area contributed by atoms with Crippen LogP contribution in [0.1, 0.15) is 35.8 Å². The molecule has 0 aliphatic carbocycles. The van der Waals surface area contributed by atoms with Gasteiger partial charge in [0.15, 0.2) is 0 Å². The number of fused-ring (bicyclic) bond motifs is 1. The first-order chi connectivity index (χ1) is 13.9. The number of amides is 1. The Morgan fingerprint density at radius 3 is 2.57 bits per heavy atom. The molecule has 0 unspecified atom stereocenters. The lowest BCUT2D eigenvalue weighted by molar-refractivity contribution is -0.385. The maximum atomic E-state index is 12.7. The third kappa shape index (κ3) is 4.30.